The molecule has 98 valence electrons. The fourth-order valence-corrected chi connectivity index (χ4v) is 2.09. The molecule has 1 heterocycles. The highest BCUT2D eigenvalue weighted by Crippen LogP contribution is 2.51. The van der Waals surface area contributed by atoms with Crippen molar-refractivity contribution in [3.05, 3.63) is 23.9 Å². The van der Waals surface area contributed by atoms with E-state index in [1.807, 2.05) is 0 Å². The number of carbonyl (C=O) groups is 1. The number of rotatable bonds is 5. The Morgan fingerprint density at radius 3 is 2.67 bits per heavy atom. The highest BCUT2D eigenvalue weighted by Gasteiger charge is 2.45. The second kappa shape index (κ2) is 4.94. The molecule has 5 heteroatoms. The number of hydrazine groups is 1. The Hall–Kier alpha value is -1.62. The summed E-state index contributed by atoms with van der Waals surface area (Å²) in [6, 6.07) is 3.40. The van der Waals surface area contributed by atoms with Crippen molar-refractivity contribution in [1.82, 2.24) is 10.3 Å². The van der Waals surface area contributed by atoms with E-state index in [4.69, 9.17) is 5.84 Å². The van der Waals surface area contributed by atoms with Gasteiger partial charge in [0.1, 0.15) is 5.82 Å². The van der Waals surface area contributed by atoms with E-state index in [2.05, 4.69) is 29.6 Å². The van der Waals surface area contributed by atoms with Crippen LogP contribution in [0.3, 0.4) is 0 Å². The average Bonchev–Trinajstić information content (AvgIpc) is 3.17. The summed E-state index contributed by atoms with van der Waals surface area (Å²) >= 11 is 0. The Balaban J connectivity index is 1.91. The molecule has 1 aromatic rings. The summed E-state index contributed by atoms with van der Waals surface area (Å²) in [6.07, 6.45) is 3.94. The van der Waals surface area contributed by atoms with E-state index in [0.29, 0.717) is 22.7 Å². The molecule has 2 rings (SSSR count). The molecule has 0 unspecified atom stereocenters. The first-order valence-corrected chi connectivity index (χ1v) is 6.28. The van der Waals surface area contributed by atoms with Gasteiger partial charge in [-0.1, -0.05) is 13.8 Å². The highest BCUT2D eigenvalue weighted by atomic mass is 16.1. The number of amides is 1. The van der Waals surface area contributed by atoms with Gasteiger partial charge in [0.05, 0.1) is 5.56 Å². The van der Waals surface area contributed by atoms with E-state index < -0.39 is 0 Å². The first-order valence-electron chi connectivity index (χ1n) is 6.28. The van der Waals surface area contributed by atoms with Gasteiger partial charge in [-0.05, 0) is 36.3 Å². The molecule has 1 aliphatic carbocycles. The van der Waals surface area contributed by atoms with Crippen molar-refractivity contribution in [3.8, 4) is 0 Å². The van der Waals surface area contributed by atoms with Gasteiger partial charge in [-0.2, -0.15) is 0 Å². The largest absolute Gasteiger partial charge is 0.351 e. The molecule has 1 aromatic heterocycles. The van der Waals surface area contributed by atoms with Crippen LogP contribution in [0.15, 0.2) is 18.3 Å². The maximum atomic E-state index is 11.9. The van der Waals surface area contributed by atoms with Crippen LogP contribution in [0.2, 0.25) is 0 Å². The smallest absolute Gasteiger partial charge is 0.252 e. The minimum Gasteiger partial charge on any atom is -0.351 e. The SMILES string of the molecule is CC(C)C1(CNC(=O)c2ccc(NN)nc2)CC1. The van der Waals surface area contributed by atoms with Gasteiger partial charge in [-0.25, -0.2) is 10.8 Å². The second-order valence-electron chi connectivity index (χ2n) is 5.28. The minimum atomic E-state index is -0.0713. The number of pyridine rings is 1. The van der Waals surface area contributed by atoms with Crippen LogP contribution in [0.1, 0.15) is 37.0 Å². The molecule has 1 saturated carbocycles. The molecule has 0 spiro atoms. The third-order valence-electron chi connectivity index (χ3n) is 3.89. The summed E-state index contributed by atoms with van der Waals surface area (Å²) in [5.74, 6) is 6.31. The predicted molar refractivity (Wildman–Crippen MR) is 70.9 cm³/mol. The number of hydrogen-bond donors (Lipinski definition) is 3. The van der Waals surface area contributed by atoms with Crippen molar-refractivity contribution in [2.45, 2.75) is 26.7 Å². The molecule has 5 nitrogen and oxygen atoms in total. The molecule has 0 aromatic carbocycles. The van der Waals surface area contributed by atoms with Crippen molar-refractivity contribution in [1.29, 1.82) is 0 Å². The van der Waals surface area contributed by atoms with Crippen LogP contribution in [0.25, 0.3) is 0 Å². The van der Waals surface area contributed by atoms with E-state index in [9.17, 15) is 4.79 Å². The first-order chi connectivity index (χ1) is 8.57. The molecule has 1 aliphatic rings. The van der Waals surface area contributed by atoms with Crippen LogP contribution in [-0.2, 0) is 0 Å². The Kier molecular flexibility index (Phi) is 3.52. The quantitative estimate of drug-likeness (QED) is 0.545. The van der Waals surface area contributed by atoms with Crippen LogP contribution in [0.5, 0.6) is 0 Å². The van der Waals surface area contributed by atoms with Gasteiger partial charge < -0.3 is 10.7 Å². The normalized spacial score (nSPS) is 16.4. The maximum Gasteiger partial charge on any atom is 0.252 e. The lowest BCUT2D eigenvalue weighted by Crippen LogP contribution is -2.32. The molecule has 0 atom stereocenters. The van der Waals surface area contributed by atoms with E-state index in [-0.39, 0.29) is 5.91 Å². The van der Waals surface area contributed by atoms with Gasteiger partial charge >= 0.3 is 0 Å². The summed E-state index contributed by atoms with van der Waals surface area (Å²) < 4.78 is 0. The Labute approximate surface area is 107 Å². The number of nitrogens with two attached hydrogens (primary N) is 1. The van der Waals surface area contributed by atoms with Crippen molar-refractivity contribution in [2.24, 2.45) is 17.2 Å². The van der Waals surface area contributed by atoms with Gasteiger partial charge in [0.15, 0.2) is 0 Å². The lowest BCUT2D eigenvalue weighted by Gasteiger charge is -2.19. The van der Waals surface area contributed by atoms with Crippen LogP contribution < -0.4 is 16.6 Å². The fraction of sp³-hybridized carbons (Fsp3) is 0.538. The van der Waals surface area contributed by atoms with Crippen LogP contribution in [0, 0.1) is 11.3 Å². The third kappa shape index (κ3) is 2.61. The molecule has 0 aliphatic heterocycles. The van der Waals surface area contributed by atoms with Gasteiger partial charge in [-0.15, -0.1) is 0 Å². The Bertz CT molecular complexity index is 423. The number of hydrogen-bond acceptors (Lipinski definition) is 4. The van der Waals surface area contributed by atoms with Gasteiger partial charge in [0.25, 0.3) is 5.91 Å². The summed E-state index contributed by atoms with van der Waals surface area (Å²) in [5.41, 5.74) is 3.32. The van der Waals surface area contributed by atoms with Crippen LogP contribution in [0.4, 0.5) is 5.82 Å². The first kappa shape index (κ1) is 12.8. The van der Waals surface area contributed by atoms with Gasteiger partial charge in [0, 0.05) is 12.7 Å². The lowest BCUT2D eigenvalue weighted by atomic mass is 9.92. The average molecular weight is 248 g/mol. The summed E-state index contributed by atoms with van der Waals surface area (Å²) in [7, 11) is 0. The molecule has 4 N–H and O–H groups in total. The molecule has 18 heavy (non-hydrogen) atoms. The topological polar surface area (TPSA) is 80.0 Å². The second-order valence-corrected chi connectivity index (χ2v) is 5.28. The Morgan fingerprint density at radius 2 is 2.22 bits per heavy atom. The van der Waals surface area contributed by atoms with E-state index in [0.717, 1.165) is 6.54 Å². The van der Waals surface area contributed by atoms with Crippen molar-refractivity contribution in [2.75, 3.05) is 12.0 Å². The molecular formula is C13H20N4O. The molecular weight excluding hydrogens is 228 g/mol. The number of nitrogens with zero attached hydrogens (tertiary/aromatic N) is 1. The maximum absolute atomic E-state index is 11.9. The van der Waals surface area contributed by atoms with Crippen molar-refractivity contribution >= 4 is 11.7 Å². The highest BCUT2D eigenvalue weighted by molar-refractivity contribution is 5.94. The number of aromatic nitrogens is 1. The monoisotopic (exact) mass is 248 g/mol. The number of carbonyl (C=O) groups excluding carboxylic acids is 1. The molecule has 1 amide bonds. The van der Waals surface area contributed by atoms with Crippen molar-refractivity contribution < 1.29 is 4.79 Å². The fourth-order valence-electron chi connectivity index (χ4n) is 2.09. The van der Waals surface area contributed by atoms with Crippen LogP contribution >= 0.6 is 0 Å². The van der Waals surface area contributed by atoms with E-state index in [1.165, 1.54) is 19.0 Å². The molecule has 0 bridgehead atoms. The summed E-state index contributed by atoms with van der Waals surface area (Å²) in [4.78, 5) is 16.0. The van der Waals surface area contributed by atoms with Gasteiger partial charge in [0.2, 0.25) is 0 Å². The Morgan fingerprint density at radius 1 is 1.50 bits per heavy atom. The lowest BCUT2D eigenvalue weighted by molar-refractivity contribution is 0.0939. The minimum absolute atomic E-state index is 0.0713. The standard InChI is InChI=1S/C13H20N4O/c1-9(2)13(5-6-13)8-16-12(18)10-3-4-11(17-14)15-7-10/h3-4,7,9H,5-6,8,14H2,1-2H3,(H,15,17)(H,16,18). The van der Waals surface area contributed by atoms with Crippen LogP contribution in [-0.4, -0.2) is 17.4 Å². The zero-order valence-corrected chi connectivity index (χ0v) is 10.9. The molecule has 0 radical (unpaired) electrons. The number of anilines is 1. The number of nitrogen functional groups attached to an aromatic ring is 1. The number of nitrogens with one attached hydrogen (secondary N) is 2. The zero-order chi connectivity index (χ0) is 13.2. The van der Waals surface area contributed by atoms with E-state index in [1.54, 1.807) is 12.1 Å². The third-order valence-corrected chi connectivity index (χ3v) is 3.89. The van der Waals surface area contributed by atoms with E-state index >= 15 is 0 Å². The summed E-state index contributed by atoms with van der Waals surface area (Å²) in [6.45, 7) is 5.17. The van der Waals surface area contributed by atoms with Crippen molar-refractivity contribution in [3.63, 3.8) is 0 Å². The predicted octanol–water partition coefficient (Wildman–Crippen LogP) is 1.53. The van der Waals surface area contributed by atoms with Gasteiger partial charge in [-0.3, -0.25) is 4.79 Å². The molecule has 1 fully saturated rings. The zero-order valence-electron chi connectivity index (χ0n) is 10.9. The summed E-state index contributed by atoms with van der Waals surface area (Å²) in [5, 5.41) is 2.99. The molecule has 0 saturated heterocycles.